The number of carbonyl (C=O) groups excluding carboxylic acids is 5. The van der Waals surface area contributed by atoms with Gasteiger partial charge in [0.1, 0.15) is 6.04 Å². The van der Waals surface area contributed by atoms with Crippen molar-refractivity contribution in [2.75, 3.05) is 18.5 Å². The molecular weight excluding hydrogens is 476 g/mol. The smallest absolute Gasteiger partial charge is 0.338 e. The molecule has 0 bridgehead atoms. The maximum Gasteiger partial charge on any atom is 0.338 e. The number of hydrogen-bond donors (Lipinski definition) is 1. The van der Waals surface area contributed by atoms with Gasteiger partial charge in [-0.1, -0.05) is 42.5 Å². The number of nitrogens with one attached hydrogen (secondary N) is 1. The Hall–Kier alpha value is -4.79. The molecule has 1 N–H and O–H groups in total. The fourth-order valence-electron chi connectivity index (χ4n) is 3.94. The third-order valence-corrected chi connectivity index (χ3v) is 5.71. The van der Waals surface area contributed by atoms with E-state index in [0.717, 1.165) is 4.90 Å². The molecule has 9 nitrogen and oxygen atoms in total. The molecule has 3 aromatic rings. The molecule has 4 rings (SSSR count). The lowest BCUT2D eigenvalue weighted by atomic mass is 10.0. The van der Waals surface area contributed by atoms with Crippen molar-refractivity contribution in [2.24, 2.45) is 0 Å². The number of fused-ring (bicyclic) bond motifs is 1. The number of benzene rings is 3. The molecule has 3 aromatic carbocycles. The average Bonchev–Trinajstić information content (AvgIpc) is 3.16. The van der Waals surface area contributed by atoms with E-state index in [4.69, 9.17) is 9.47 Å². The summed E-state index contributed by atoms with van der Waals surface area (Å²) in [6, 6.07) is 20.0. The Morgan fingerprint density at radius 3 is 2.00 bits per heavy atom. The zero-order valence-corrected chi connectivity index (χ0v) is 20.0. The van der Waals surface area contributed by atoms with Gasteiger partial charge in [-0.3, -0.25) is 19.3 Å². The Bertz CT molecular complexity index is 1300. The van der Waals surface area contributed by atoms with Gasteiger partial charge < -0.3 is 14.8 Å². The lowest BCUT2D eigenvalue weighted by molar-refractivity contribution is -0.151. The van der Waals surface area contributed by atoms with E-state index < -0.39 is 42.3 Å². The number of nitrogens with zero attached hydrogens (tertiary/aromatic N) is 1. The minimum absolute atomic E-state index is 0.0298. The zero-order chi connectivity index (χ0) is 26.4. The van der Waals surface area contributed by atoms with Gasteiger partial charge in [0.05, 0.1) is 23.3 Å². The second kappa shape index (κ2) is 11.3. The van der Waals surface area contributed by atoms with Crippen LogP contribution < -0.4 is 5.32 Å². The molecule has 0 spiro atoms. The number of carbonyl (C=O) groups is 5. The van der Waals surface area contributed by atoms with E-state index in [1.807, 2.05) is 6.07 Å². The maximum atomic E-state index is 13.1. The van der Waals surface area contributed by atoms with Crippen molar-refractivity contribution in [1.29, 1.82) is 0 Å². The SMILES string of the molecule is CCOC(=O)c1ccc(NC(=O)COC(=O)[C@@H](Cc2ccccc2)N2C(=O)c3ccccc3C2=O)cc1. The van der Waals surface area contributed by atoms with Gasteiger partial charge in [-0.05, 0) is 48.9 Å². The van der Waals surface area contributed by atoms with Gasteiger partial charge in [0.2, 0.25) is 0 Å². The van der Waals surface area contributed by atoms with Gasteiger partial charge in [0.15, 0.2) is 6.61 Å². The predicted molar refractivity (Wildman–Crippen MR) is 133 cm³/mol. The number of rotatable bonds is 9. The highest BCUT2D eigenvalue weighted by molar-refractivity contribution is 6.22. The first-order valence-electron chi connectivity index (χ1n) is 11.6. The molecule has 0 aromatic heterocycles. The molecular formula is C28H24N2O7. The van der Waals surface area contributed by atoms with E-state index in [-0.39, 0.29) is 24.2 Å². The molecule has 188 valence electrons. The zero-order valence-electron chi connectivity index (χ0n) is 20.0. The van der Waals surface area contributed by atoms with E-state index >= 15 is 0 Å². The summed E-state index contributed by atoms with van der Waals surface area (Å²) in [5, 5.41) is 2.57. The Morgan fingerprint density at radius 1 is 0.811 bits per heavy atom. The van der Waals surface area contributed by atoms with Crippen LogP contribution in [0.2, 0.25) is 0 Å². The van der Waals surface area contributed by atoms with Gasteiger partial charge in [0, 0.05) is 12.1 Å². The number of anilines is 1. The summed E-state index contributed by atoms with van der Waals surface area (Å²) < 4.78 is 10.2. The molecule has 0 fully saturated rings. The molecule has 0 saturated heterocycles. The first-order valence-corrected chi connectivity index (χ1v) is 11.6. The van der Waals surface area contributed by atoms with E-state index in [2.05, 4.69) is 5.32 Å². The maximum absolute atomic E-state index is 13.1. The summed E-state index contributed by atoms with van der Waals surface area (Å²) in [5.74, 6) is -3.18. The van der Waals surface area contributed by atoms with Gasteiger partial charge in [-0.15, -0.1) is 0 Å². The van der Waals surface area contributed by atoms with E-state index in [9.17, 15) is 24.0 Å². The molecule has 1 aliphatic heterocycles. The van der Waals surface area contributed by atoms with Crippen molar-refractivity contribution >= 4 is 35.3 Å². The van der Waals surface area contributed by atoms with Crippen LogP contribution in [-0.4, -0.2) is 53.8 Å². The monoisotopic (exact) mass is 500 g/mol. The van der Waals surface area contributed by atoms with E-state index in [1.165, 1.54) is 36.4 Å². The van der Waals surface area contributed by atoms with Crippen LogP contribution in [0.1, 0.15) is 43.6 Å². The summed E-state index contributed by atoms with van der Waals surface area (Å²) in [4.78, 5) is 64.2. The quantitative estimate of drug-likeness (QED) is 0.354. The van der Waals surface area contributed by atoms with Crippen molar-refractivity contribution in [3.63, 3.8) is 0 Å². The van der Waals surface area contributed by atoms with Crippen LogP contribution in [0, 0.1) is 0 Å². The number of hydrogen-bond acceptors (Lipinski definition) is 7. The Labute approximate surface area is 213 Å². The standard InChI is InChI=1S/C28H24N2O7/c1-2-36-27(34)19-12-14-20(15-13-19)29-24(31)17-37-28(35)23(16-18-8-4-3-5-9-18)30-25(32)21-10-6-7-11-22(21)26(30)33/h3-15,23H,2,16-17H2,1H3,(H,29,31)/t23-/m1/s1. The highest BCUT2D eigenvalue weighted by Crippen LogP contribution is 2.26. The summed E-state index contributed by atoms with van der Waals surface area (Å²) in [5.41, 5.74) is 1.85. The van der Waals surface area contributed by atoms with Crippen molar-refractivity contribution in [3.8, 4) is 0 Å². The largest absolute Gasteiger partial charge is 0.462 e. The van der Waals surface area contributed by atoms with Crippen LogP contribution in [0.25, 0.3) is 0 Å². The number of esters is 2. The van der Waals surface area contributed by atoms with Crippen LogP contribution in [0.3, 0.4) is 0 Å². The van der Waals surface area contributed by atoms with Crippen LogP contribution >= 0.6 is 0 Å². The predicted octanol–water partition coefficient (Wildman–Crippen LogP) is 3.25. The summed E-state index contributed by atoms with van der Waals surface area (Å²) >= 11 is 0. The average molecular weight is 501 g/mol. The topological polar surface area (TPSA) is 119 Å². The normalized spacial score (nSPS) is 13.1. The fraction of sp³-hybridized carbons (Fsp3) is 0.179. The Kier molecular flexibility index (Phi) is 7.73. The number of imide groups is 1. The molecule has 0 aliphatic carbocycles. The lowest BCUT2D eigenvalue weighted by Gasteiger charge is -2.24. The summed E-state index contributed by atoms with van der Waals surface area (Å²) in [6.45, 7) is 1.31. The van der Waals surface area contributed by atoms with Crippen LogP contribution in [0.15, 0.2) is 78.9 Å². The van der Waals surface area contributed by atoms with Crippen LogP contribution in [0.4, 0.5) is 5.69 Å². The van der Waals surface area contributed by atoms with Gasteiger partial charge in [0.25, 0.3) is 17.7 Å². The molecule has 9 heteroatoms. The third-order valence-electron chi connectivity index (χ3n) is 5.71. The van der Waals surface area contributed by atoms with Gasteiger partial charge >= 0.3 is 11.9 Å². The molecule has 0 saturated carbocycles. The Morgan fingerprint density at radius 2 is 1.41 bits per heavy atom. The lowest BCUT2D eigenvalue weighted by Crippen LogP contribution is -2.47. The molecule has 1 atom stereocenters. The van der Waals surface area contributed by atoms with Gasteiger partial charge in [-0.2, -0.15) is 0 Å². The molecule has 0 unspecified atom stereocenters. The minimum Gasteiger partial charge on any atom is -0.462 e. The van der Waals surface area contributed by atoms with Crippen molar-refractivity contribution < 1.29 is 33.4 Å². The molecule has 37 heavy (non-hydrogen) atoms. The molecule has 3 amide bonds. The van der Waals surface area contributed by atoms with Crippen molar-refractivity contribution in [3.05, 3.63) is 101 Å². The van der Waals surface area contributed by atoms with E-state index in [1.54, 1.807) is 43.3 Å². The van der Waals surface area contributed by atoms with Gasteiger partial charge in [-0.25, -0.2) is 9.59 Å². The second-order valence-electron chi connectivity index (χ2n) is 8.19. The highest BCUT2D eigenvalue weighted by atomic mass is 16.5. The number of amides is 3. The first kappa shape index (κ1) is 25.3. The van der Waals surface area contributed by atoms with Crippen molar-refractivity contribution in [2.45, 2.75) is 19.4 Å². The molecule has 0 radical (unpaired) electrons. The fourth-order valence-corrected chi connectivity index (χ4v) is 3.94. The highest BCUT2D eigenvalue weighted by Gasteiger charge is 2.43. The Balaban J connectivity index is 1.44. The minimum atomic E-state index is -1.26. The second-order valence-corrected chi connectivity index (χ2v) is 8.19. The van der Waals surface area contributed by atoms with E-state index in [0.29, 0.717) is 16.8 Å². The summed E-state index contributed by atoms with van der Waals surface area (Å²) in [7, 11) is 0. The van der Waals surface area contributed by atoms with Crippen molar-refractivity contribution in [1.82, 2.24) is 4.90 Å². The van der Waals surface area contributed by atoms with Crippen LogP contribution in [-0.2, 0) is 25.5 Å². The third kappa shape index (κ3) is 5.72. The number of ether oxygens (including phenoxy) is 2. The summed E-state index contributed by atoms with van der Waals surface area (Å²) in [6.07, 6.45) is 0.0298. The van der Waals surface area contributed by atoms with Crippen LogP contribution in [0.5, 0.6) is 0 Å². The molecule has 1 heterocycles. The molecule has 1 aliphatic rings. The first-order chi connectivity index (χ1) is 17.9.